The number of halogens is 1. The number of benzene rings is 2. The molecule has 0 fully saturated rings. The van der Waals surface area contributed by atoms with E-state index < -0.39 is 0 Å². The highest BCUT2D eigenvalue weighted by atomic mass is 35.5. The van der Waals surface area contributed by atoms with E-state index in [0.29, 0.717) is 17.2 Å². The van der Waals surface area contributed by atoms with Gasteiger partial charge in [0.15, 0.2) is 0 Å². The van der Waals surface area contributed by atoms with Gasteiger partial charge in [0, 0.05) is 33.2 Å². The highest BCUT2D eigenvalue weighted by Crippen LogP contribution is 2.36. The fourth-order valence-electron chi connectivity index (χ4n) is 3.65. The number of nitrogens with one attached hydrogen (secondary N) is 1. The summed E-state index contributed by atoms with van der Waals surface area (Å²) in [4.78, 5) is 12.5. The maximum atomic E-state index is 12.5. The molecule has 1 aliphatic rings. The van der Waals surface area contributed by atoms with Crippen molar-refractivity contribution in [3.8, 4) is 11.4 Å². The molecule has 1 amide bonds. The SMILES string of the molecule is CCOc1ccc(-n2c(C)cc(/C=C3/C(=O)Nc4cc(Cl)ccc43)c2C)cc1. The predicted octanol–water partition coefficient (Wildman–Crippen LogP) is 5.64. The third kappa shape index (κ3) is 3.20. The summed E-state index contributed by atoms with van der Waals surface area (Å²) in [6.45, 7) is 6.74. The first-order chi connectivity index (χ1) is 13.5. The first-order valence-corrected chi connectivity index (χ1v) is 9.61. The summed E-state index contributed by atoms with van der Waals surface area (Å²) in [6.07, 6.45) is 1.95. The van der Waals surface area contributed by atoms with Gasteiger partial charge in [0.1, 0.15) is 5.75 Å². The average molecular weight is 393 g/mol. The average Bonchev–Trinajstić information content (AvgIpc) is 3.12. The highest BCUT2D eigenvalue weighted by molar-refractivity contribution is 6.36. The zero-order valence-electron chi connectivity index (χ0n) is 16.0. The molecule has 4 nitrogen and oxygen atoms in total. The molecule has 3 aromatic rings. The molecule has 1 aromatic heterocycles. The number of amides is 1. The molecule has 5 heteroatoms. The number of nitrogens with zero attached hydrogens (tertiary/aromatic N) is 1. The minimum absolute atomic E-state index is 0.108. The highest BCUT2D eigenvalue weighted by Gasteiger charge is 2.24. The van der Waals surface area contributed by atoms with Crippen molar-refractivity contribution >= 4 is 34.8 Å². The third-order valence-corrected chi connectivity index (χ3v) is 5.18. The van der Waals surface area contributed by atoms with E-state index in [9.17, 15) is 4.79 Å². The molecule has 0 atom stereocenters. The van der Waals surface area contributed by atoms with Crippen LogP contribution >= 0.6 is 11.6 Å². The Hall–Kier alpha value is -2.98. The van der Waals surface area contributed by atoms with Crippen LogP contribution in [0.2, 0.25) is 5.02 Å². The molecule has 2 heterocycles. The molecule has 0 saturated carbocycles. The van der Waals surface area contributed by atoms with Crippen molar-refractivity contribution in [2.45, 2.75) is 20.8 Å². The lowest BCUT2D eigenvalue weighted by Gasteiger charge is -2.11. The third-order valence-electron chi connectivity index (χ3n) is 4.94. The molecule has 2 aromatic carbocycles. The van der Waals surface area contributed by atoms with Gasteiger partial charge in [-0.15, -0.1) is 0 Å². The Labute approximate surface area is 169 Å². The van der Waals surface area contributed by atoms with E-state index in [1.165, 1.54) is 0 Å². The summed E-state index contributed by atoms with van der Waals surface area (Å²) in [5, 5.41) is 3.49. The zero-order valence-corrected chi connectivity index (χ0v) is 16.8. The second-order valence-electron chi connectivity index (χ2n) is 6.79. The molecule has 1 aliphatic heterocycles. The van der Waals surface area contributed by atoms with Crippen LogP contribution in [-0.4, -0.2) is 17.1 Å². The standard InChI is InChI=1S/C23H21ClN2O2/c1-4-28-19-8-6-18(7-9-19)26-14(2)11-16(15(26)3)12-21-20-10-5-17(24)13-22(20)25-23(21)27/h5-13H,4H2,1-3H3,(H,25,27)/b21-12+. The summed E-state index contributed by atoms with van der Waals surface area (Å²) >= 11 is 6.04. The van der Waals surface area contributed by atoms with Crippen molar-refractivity contribution in [2.24, 2.45) is 0 Å². The van der Waals surface area contributed by atoms with Gasteiger partial charge in [-0.1, -0.05) is 17.7 Å². The van der Waals surface area contributed by atoms with Crippen LogP contribution in [0.1, 0.15) is 29.4 Å². The van der Waals surface area contributed by atoms with Crippen LogP contribution in [0.4, 0.5) is 5.69 Å². The Balaban J connectivity index is 1.74. The molecular formula is C23H21ClN2O2. The first-order valence-electron chi connectivity index (χ1n) is 9.23. The van der Waals surface area contributed by atoms with Gasteiger partial charge in [0.05, 0.1) is 12.3 Å². The number of hydrogen-bond donors (Lipinski definition) is 1. The number of hydrogen-bond acceptors (Lipinski definition) is 2. The van der Waals surface area contributed by atoms with Gasteiger partial charge in [0.2, 0.25) is 0 Å². The molecule has 0 radical (unpaired) electrons. The van der Waals surface area contributed by atoms with Crippen LogP contribution in [0.5, 0.6) is 5.75 Å². The molecular weight excluding hydrogens is 372 g/mol. The van der Waals surface area contributed by atoms with E-state index in [-0.39, 0.29) is 5.91 Å². The maximum Gasteiger partial charge on any atom is 0.256 e. The topological polar surface area (TPSA) is 43.3 Å². The quantitative estimate of drug-likeness (QED) is 0.584. The fraction of sp³-hybridized carbons (Fsp3) is 0.174. The van der Waals surface area contributed by atoms with Gasteiger partial charge in [-0.2, -0.15) is 0 Å². The molecule has 0 saturated heterocycles. The Bertz CT molecular complexity index is 1090. The smallest absolute Gasteiger partial charge is 0.256 e. The van der Waals surface area contributed by atoms with Crippen molar-refractivity contribution in [3.05, 3.63) is 76.1 Å². The van der Waals surface area contributed by atoms with Gasteiger partial charge in [0.25, 0.3) is 5.91 Å². The van der Waals surface area contributed by atoms with E-state index in [4.69, 9.17) is 16.3 Å². The van der Waals surface area contributed by atoms with Crippen LogP contribution in [0.25, 0.3) is 17.3 Å². The fourth-order valence-corrected chi connectivity index (χ4v) is 3.83. The number of carbonyl (C=O) groups excluding carboxylic acids is 1. The van der Waals surface area contributed by atoms with Crippen LogP contribution in [0.15, 0.2) is 48.5 Å². The van der Waals surface area contributed by atoms with Crippen molar-refractivity contribution < 1.29 is 9.53 Å². The summed E-state index contributed by atoms with van der Waals surface area (Å²) in [5.74, 6) is 0.747. The molecule has 0 bridgehead atoms. The normalized spacial score (nSPS) is 14.3. The summed E-state index contributed by atoms with van der Waals surface area (Å²) in [5.41, 5.74) is 6.53. The molecule has 28 heavy (non-hydrogen) atoms. The van der Waals surface area contributed by atoms with Gasteiger partial charge < -0.3 is 14.6 Å². The van der Waals surface area contributed by atoms with Gasteiger partial charge in [-0.05, 0) is 74.9 Å². The van der Waals surface area contributed by atoms with Gasteiger partial charge >= 0.3 is 0 Å². The van der Waals surface area contributed by atoms with Gasteiger partial charge in [-0.25, -0.2) is 0 Å². The van der Waals surface area contributed by atoms with Crippen LogP contribution in [-0.2, 0) is 4.79 Å². The molecule has 0 spiro atoms. The predicted molar refractivity (Wildman–Crippen MR) is 114 cm³/mol. The Kier molecular flexibility index (Phi) is 4.73. The second-order valence-corrected chi connectivity index (χ2v) is 7.23. The number of ether oxygens (including phenoxy) is 1. The molecule has 4 rings (SSSR count). The molecule has 0 aliphatic carbocycles. The lowest BCUT2D eigenvalue weighted by Crippen LogP contribution is -2.03. The number of carbonyl (C=O) groups is 1. The first kappa shape index (κ1) is 18.4. The Morgan fingerprint density at radius 1 is 1.11 bits per heavy atom. The summed E-state index contributed by atoms with van der Waals surface area (Å²) < 4.78 is 7.71. The Morgan fingerprint density at radius 2 is 1.86 bits per heavy atom. The Morgan fingerprint density at radius 3 is 2.57 bits per heavy atom. The summed E-state index contributed by atoms with van der Waals surface area (Å²) in [7, 11) is 0. The maximum absolute atomic E-state index is 12.5. The lowest BCUT2D eigenvalue weighted by molar-refractivity contribution is -0.110. The van der Waals surface area contributed by atoms with E-state index in [1.54, 1.807) is 12.1 Å². The number of aryl methyl sites for hydroxylation is 1. The van der Waals surface area contributed by atoms with Crippen molar-refractivity contribution in [1.29, 1.82) is 0 Å². The van der Waals surface area contributed by atoms with E-state index in [1.807, 2.05) is 43.3 Å². The zero-order chi connectivity index (χ0) is 19.8. The number of anilines is 1. The molecule has 0 unspecified atom stereocenters. The molecule has 142 valence electrons. The van der Waals surface area contributed by atoms with Crippen LogP contribution in [0.3, 0.4) is 0 Å². The lowest BCUT2D eigenvalue weighted by atomic mass is 10.0. The second kappa shape index (κ2) is 7.21. The van der Waals surface area contributed by atoms with Crippen molar-refractivity contribution in [2.75, 3.05) is 11.9 Å². The number of aromatic nitrogens is 1. The summed E-state index contributed by atoms with van der Waals surface area (Å²) in [6, 6.07) is 15.6. The van der Waals surface area contributed by atoms with Gasteiger partial charge in [-0.3, -0.25) is 4.79 Å². The van der Waals surface area contributed by atoms with E-state index in [0.717, 1.165) is 39.6 Å². The number of fused-ring (bicyclic) bond motifs is 1. The minimum Gasteiger partial charge on any atom is -0.494 e. The minimum atomic E-state index is -0.108. The number of rotatable bonds is 4. The monoisotopic (exact) mass is 392 g/mol. The van der Waals surface area contributed by atoms with Crippen LogP contribution < -0.4 is 10.1 Å². The molecule has 1 N–H and O–H groups in total. The van der Waals surface area contributed by atoms with E-state index >= 15 is 0 Å². The van der Waals surface area contributed by atoms with Crippen molar-refractivity contribution in [1.82, 2.24) is 4.57 Å². The van der Waals surface area contributed by atoms with E-state index in [2.05, 4.69) is 29.8 Å². The van der Waals surface area contributed by atoms with Crippen molar-refractivity contribution in [3.63, 3.8) is 0 Å². The van der Waals surface area contributed by atoms with Crippen LogP contribution in [0, 0.1) is 13.8 Å². The largest absolute Gasteiger partial charge is 0.494 e.